The molecule has 2 aromatic carbocycles. The highest BCUT2D eigenvalue weighted by atomic mass is 35.5. The van der Waals surface area contributed by atoms with Gasteiger partial charge in [0.05, 0.1) is 5.69 Å². The molecule has 4 nitrogen and oxygen atoms in total. The van der Waals surface area contributed by atoms with E-state index in [0.29, 0.717) is 22.0 Å². The molecule has 0 bridgehead atoms. The number of hydrogen-bond donors (Lipinski definition) is 3. The predicted octanol–water partition coefficient (Wildman–Crippen LogP) is 3.93. The summed E-state index contributed by atoms with van der Waals surface area (Å²) >= 11 is 10.9. The fourth-order valence-electron chi connectivity index (χ4n) is 1.95. The minimum absolute atomic E-state index is 0.242. The number of rotatable bonds is 3. The molecule has 0 fully saturated rings. The van der Waals surface area contributed by atoms with Crippen molar-refractivity contribution in [2.24, 2.45) is 5.73 Å². The molecule has 0 saturated heterocycles. The predicted molar refractivity (Wildman–Crippen MR) is 91.2 cm³/mol. The number of amides is 2. The standard InChI is InChI=1S/C15H14ClN3OS/c1-9-4-2-7-12(13(9)14(17)21)19-15(20)18-11-6-3-5-10(16)8-11/h2-8H,1H3,(H2,17,21)(H2,18,19,20). The van der Waals surface area contributed by atoms with Crippen molar-refractivity contribution in [3.8, 4) is 0 Å². The minimum Gasteiger partial charge on any atom is -0.389 e. The van der Waals surface area contributed by atoms with Crippen LogP contribution in [0.1, 0.15) is 11.1 Å². The number of halogens is 1. The Labute approximate surface area is 133 Å². The maximum atomic E-state index is 12.0. The summed E-state index contributed by atoms with van der Waals surface area (Å²) in [5.41, 5.74) is 8.45. The van der Waals surface area contributed by atoms with E-state index < -0.39 is 0 Å². The lowest BCUT2D eigenvalue weighted by molar-refractivity contribution is 0.262. The van der Waals surface area contributed by atoms with E-state index in [0.717, 1.165) is 5.56 Å². The van der Waals surface area contributed by atoms with Crippen LogP contribution in [0.15, 0.2) is 42.5 Å². The summed E-state index contributed by atoms with van der Waals surface area (Å²) < 4.78 is 0. The second kappa shape index (κ2) is 6.56. The zero-order valence-corrected chi connectivity index (χ0v) is 12.9. The zero-order valence-electron chi connectivity index (χ0n) is 11.3. The molecule has 0 saturated carbocycles. The van der Waals surface area contributed by atoms with Gasteiger partial charge in [0.15, 0.2) is 0 Å². The molecule has 108 valence electrons. The Morgan fingerprint density at radius 2 is 1.90 bits per heavy atom. The Hall–Kier alpha value is -2.11. The Kier molecular flexibility index (Phi) is 4.77. The normalized spacial score (nSPS) is 10.0. The van der Waals surface area contributed by atoms with E-state index >= 15 is 0 Å². The van der Waals surface area contributed by atoms with Crippen LogP contribution in [0, 0.1) is 6.92 Å². The molecule has 0 aliphatic rings. The van der Waals surface area contributed by atoms with Crippen molar-refractivity contribution in [3.05, 3.63) is 58.6 Å². The number of carbonyl (C=O) groups is 1. The minimum atomic E-state index is -0.389. The lowest BCUT2D eigenvalue weighted by Crippen LogP contribution is -2.22. The number of urea groups is 1. The molecule has 0 radical (unpaired) electrons. The third kappa shape index (κ3) is 3.93. The van der Waals surface area contributed by atoms with Gasteiger partial charge in [-0.2, -0.15) is 0 Å². The van der Waals surface area contributed by atoms with Gasteiger partial charge in [0.25, 0.3) is 0 Å². The van der Waals surface area contributed by atoms with E-state index in [1.165, 1.54) is 0 Å². The molecule has 0 aliphatic carbocycles. The third-order valence-corrected chi connectivity index (χ3v) is 3.29. The number of nitrogens with two attached hydrogens (primary N) is 1. The first-order valence-electron chi connectivity index (χ1n) is 6.20. The summed E-state index contributed by atoms with van der Waals surface area (Å²) in [7, 11) is 0. The topological polar surface area (TPSA) is 67.2 Å². The molecular formula is C15H14ClN3OS. The van der Waals surface area contributed by atoms with E-state index in [1.54, 1.807) is 30.3 Å². The first-order valence-corrected chi connectivity index (χ1v) is 6.99. The Morgan fingerprint density at radius 3 is 2.57 bits per heavy atom. The number of hydrogen-bond acceptors (Lipinski definition) is 2. The lowest BCUT2D eigenvalue weighted by atomic mass is 10.1. The van der Waals surface area contributed by atoms with Gasteiger partial charge >= 0.3 is 6.03 Å². The molecule has 4 N–H and O–H groups in total. The van der Waals surface area contributed by atoms with Crippen molar-refractivity contribution in [3.63, 3.8) is 0 Å². The first kappa shape index (κ1) is 15.3. The fraction of sp³-hybridized carbons (Fsp3) is 0.0667. The Balaban J connectivity index is 2.17. The maximum Gasteiger partial charge on any atom is 0.323 e. The molecule has 0 aromatic heterocycles. The van der Waals surface area contributed by atoms with Crippen LogP contribution in [0.4, 0.5) is 16.2 Å². The van der Waals surface area contributed by atoms with Gasteiger partial charge in [0.2, 0.25) is 0 Å². The maximum absolute atomic E-state index is 12.0. The quantitative estimate of drug-likeness (QED) is 0.751. The van der Waals surface area contributed by atoms with E-state index in [1.807, 2.05) is 19.1 Å². The second-order valence-corrected chi connectivity index (χ2v) is 5.33. The van der Waals surface area contributed by atoms with Crippen molar-refractivity contribution < 1.29 is 4.79 Å². The molecule has 2 rings (SSSR count). The van der Waals surface area contributed by atoms with Crippen molar-refractivity contribution in [1.29, 1.82) is 0 Å². The summed E-state index contributed by atoms with van der Waals surface area (Å²) in [4.78, 5) is 12.3. The highest BCUT2D eigenvalue weighted by molar-refractivity contribution is 7.80. The zero-order chi connectivity index (χ0) is 15.4. The average Bonchev–Trinajstić information content (AvgIpc) is 2.37. The highest BCUT2D eigenvalue weighted by Gasteiger charge is 2.11. The van der Waals surface area contributed by atoms with Gasteiger partial charge in [-0.25, -0.2) is 4.79 Å². The van der Waals surface area contributed by atoms with Gasteiger partial charge < -0.3 is 16.4 Å². The van der Waals surface area contributed by atoms with E-state index in [-0.39, 0.29) is 11.0 Å². The molecule has 0 unspecified atom stereocenters. The Morgan fingerprint density at radius 1 is 1.19 bits per heavy atom. The summed E-state index contributed by atoms with van der Waals surface area (Å²) in [6.45, 7) is 1.88. The van der Waals surface area contributed by atoms with Crippen LogP contribution in [0.5, 0.6) is 0 Å². The molecule has 2 aromatic rings. The number of thiocarbonyl (C=S) groups is 1. The Bertz CT molecular complexity index is 703. The van der Waals surface area contributed by atoms with Crippen LogP contribution >= 0.6 is 23.8 Å². The molecule has 2 amide bonds. The van der Waals surface area contributed by atoms with Crippen LogP contribution in [-0.2, 0) is 0 Å². The van der Waals surface area contributed by atoms with Crippen LogP contribution < -0.4 is 16.4 Å². The van der Waals surface area contributed by atoms with Gasteiger partial charge in [-0.1, -0.05) is 42.0 Å². The van der Waals surface area contributed by atoms with Crippen molar-refractivity contribution in [2.45, 2.75) is 6.92 Å². The van der Waals surface area contributed by atoms with Crippen molar-refractivity contribution >= 4 is 46.2 Å². The van der Waals surface area contributed by atoms with E-state index in [4.69, 9.17) is 29.6 Å². The largest absolute Gasteiger partial charge is 0.389 e. The summed E-state index contributed by atoms with van der Waals surface area (Å²) in [5, 5.41) is 5.99. The average molecular weight is 320 g/mol. The number of nitrogens with one attached hydrogen (secondary N) is 2. The number of aryl methyl sites for hydroxylation is 1. The molecule has 0 atom stereocenters. The van der Waals surface area contributed by atoms with Crippen molar-refractivity contribution in [2.75, 3.05) is 10.6 Å². The number of carbonyl (C=O) groups excluding carboxylic acids is 1. The third-order valence-electron chi connectivity index (χ3n) is 2.85. The first-order chi connectivity index (χ1) is 9.97. The smallest absolute Gasteiger partial charge is 0.323 e. The summed E-state index contributed by atoms with van der Waals surface area (Å²) in [6, 6.07) is 12.0. The lowest BCUT2D eigenvalue weighted by Gasteiger charge is -2.13. The molecular weight excluding hydrogens is 306 g/mol. The van der Waals surface area contributed by atoms with E-state index in [9.17, 15) is 4.79 Å². The summed E-state index contributed by atoms with van der Waals surface area (Å²) in [6.07, 6.45) is 0. The van der Waals surface area contributed by atoms with Gasteiger partial charge in [0.1, 0.15) is 4.99 Å². The van der Waals surface area contributed by atoms with Crippen LogP contribution in [0.3, 0.4) is 0 Å². The van der Waals surface area contributed by atoms with Crippen LogP contribution in [0.25, 0.3) is 0 Å². The van der Waals surface area contributed by atoms with Gasteiger partial charge in [-0.15, -0.1) is 0 Å². The molecule has 0 aliphatic heterocycles. The summed E-state index contributed by atoms with van der Waals surface area (Å²) in [5.74, 6) is 0. The van der Waals surface area contributed by atoms with Crippen LogP contribution in [-0.4, -0.2) is 11.0 Å². The molecule has 21 heavy (non-hydrogen) atoms. The van der Waals surface area contributed by atoms with E-state index in [2.05, 4.69) is 10.6 Å². The second-order valence-electron chi connectivity index (χ2n) is 4.45. The molecule has 6 heteroatoms. The molecule has 0 heterocycles. The molecule has 0 spiro atoms. The number of benzene rings is 2. The number of anilines is 2. The van der Waals surface area contributed by atoms with Crippen LogP contribution in [0.2, 0.25) is 5.02 Å². The highest BCUT2D eigenvalue weighted by Crippen LogP contribution is 2.20. The SMILES string of the molecule is Cc1cccc(NC(=O)Nc2cccc(Cl)c2)c1C(N)=S. The monoisotopic (exact) mass is 319 g/mol. The fourth-order valence-corrected chi connectivity index (χ4v) is 2.41. The van der Waals surface area contributed by atoms with Crippen molar-refractivity contribution in [1.82, 2.24) is 0 Å². The van der Waals surface area contributed by atoms with Gasteiger partial charge in [-0.3, -0.25) is 0 Å². The van der Waals surface area contributed by atoms with Gasteiger partial charge in [0, 0.05) is 16.3 Å². The van der Waals surface area contributed by atoms with Gasteiger partial charge in [-0.05, 0) is 36.8 Å².